The van der Waals surface area contributed by atoms with Gasteiger partial charge in [-0.15, -0.1) is 0 Å². The van der Waals surface area contributed by atoms with Gasteiger partial charge >= 0.3 is 5.97 Å². The summed E-state index contributed by atoms with van der Waals surface area (Å²) in [7, 11) is 0. The van der Waals surface area contributed by atoms with Crippen molar-refractivity contribution in [1.29, 1.82) is 0 Å². The molecule has 2 aromatic carbocycles. The SMILES string of the molecule is CCOC(=O)C1=C(C)N=c2s/c(=C/c3ccc(O[C@@H](C)CC)cc3)c(=O)n2[C@H]1c1ccc(OCC)cc1. The van der Waals surface area contributed by atoms with Gasteiger partial charge in [-0.25, -0.2) is 9.79 Å². The van der Waals surface area contributed by atoms with Gasteiger partial charge in [0.25, 0.3) is 5.56 Å². The minimum absolute atomic E-state index is 0.133. The molecular formula is C29H32N2O5S. The Morgan fingerprint density at radius 1 is 1.05 bits per heavy atom. The van der Waals surface area contributed by atoms with Gasteiger partial charge in [0, 0.05) is 0 Å². The predicted octanol–water partition coefficient (Wildman–Crippen LogP) is 4.37. The van der Waals surface area contributed by atoms with Gasteiger partial charge in [-0.2, -0.15) is 0 Å². The first kappa shape index (κ1) is 26.4. The second kappa shape index (κ2) is 11.6. The van der Waals surface area contributed by atoms with Crippen LogP contribution in [0.3, 0.4) is 0 Å². The van der Waals surface area contributed by atoms with Crippen molar-refractivity contribution in [2.45, 2.75) is 53.2 Å². The van der Waals surface area contributed by atoms with E-state index in [1.165, 1.54) is 11.3 Å². The summed E-state index contributed by atoms with van der Waals surface area (Å²) in [6.45, 7) is 10.3. The first-order chi connectivity index (χ1) is 17.9. The molecular weight excluding hydrogens is 488 g/mol. The second-order valence-electron chi connectivity index (χ2n) is 8.71. The molecule has 194 valence electrons. The second-order valence-corrected chi connectivity index (χ2v) is 9.72. The summed E-state index contributed by atoms with van der Waals surface area (Å²) in [6, 6.07) is 14.4. The lowest BCUT2D eigenvalue weighted by molar-refractivity contribution is -0.139. The van der Waals surface area contributed by atoms with Crippen molar-refractivity contribution < 1.29 is 19.0 Å². The van der Waals surface area contributed by atoms with Crippen molar-refractivity contribution >= 4 is 23.4 Å². The maximum Gasteiger partial charge on any atom is 0.338 e. The highest BCUT2D eigenvalue weighted by molar-refractivity contribution is 7.07. The van der Waals surface area contributed by atoms with Crippen LogP contribution in [0.15, 0.2) is 69.6 Å². The maximum absolute atomic E-state index is 13.7. The monoisotopic (exact) mass is 520 g/mol. The zero-order valence-corrected chi connectivity index (χ0v) is 22.6. The van der Waals surface area contributed by atoms with Crippen LogP contribution in [0.5, 0.6) is 11.5 Å². The van der Waals surface area contributed by atoms with Crippen LogP contribution in [-0.4, -0.2) is 29.9 Å². The maximum atomic E-state index is 13.7. The van der Waals surface area contributed by atoms with E-state index in [1.807, 2.05) is 68.5 Å². The molecule has 0 unspecified atom stereocenters. The summed E-state index contributed by atoms with van der Waals surface area (Å²) in [6.07, 6.45) is 2.90. The van der Waals surface area contributed by atoms with Gasteiger partial charge in [-0.3, -0.25) is 9.36 Å². The van der Waals surface area contributed by atoms with E-state index >= 15 is 0 Å². The fraction of sp³-hybridized carbons (Fsp3) is 0.345. The molecule has 0 saturated carbocycles. The molecule has 7 nitrogen and oxygen atoms in total. The van der Waals surface area contributed by atoms with Crippen molar-refractivity contribution in [3.05, 3.63) is 90.6 Å². The van der Waals surface area contributed by atoms with Crippen LogP contribution in [0, 0.1) is 0 Å². The summed E-state index contributed by atoms with van der Waals surface area (Å²) >= 11 is 1.30. The first-order valence-corrected chi connectivity index (χ1v) is 13.4. The number of nitrogens with zero attached hydrogens (tertiary/aromatic N) is 2. The van der Waals surface area contributed by atoms with Crippen molar-refractivity contribution in [2.75, 3.05) is 13.2 Å². The van der Waals surface area contributed by atoms with Crippen molar-refractivity contribution in [1.82, 2.24) is 4.57 Å². The van der Waals surface area contributed by atoms with Crippen LogP contribution in [0.1, 0.15) is 58.2 Å². The number of thiazole rings is 1. The number of hydrogen-bond donors (Lipinski definition) is 0. The molecule has 0 spiro atoms. The van der Waals surface area contributed by atoms with Crippen LogP contribution in [0.2, 0.25) is 0 Å². The van der Waals surface area contributed by atoms with Crippen LogP contribution >= 0.6 is 11.3 Å². The fourth-order valence-electron chi connectivity index (χ4n) is 4.13. The summed E-state index contributed by atoms with van der Waals surface area (Å²) < 4.78 is 18.9. The Morgan fingerprint density at radius 2 is 1.73 bits per heavy atom. The van der Waals surface area contributed by atoms with Crippen LogP contribution in [0.4, 0.5) is 0 Å². The molecule has 0 bridgehead atoms. The third-order valence-corrected chi connectivity index (χ3v) is 7.10. The molecule has 0 N–H and O–H groups in total. The summed E-state index contributed by atoms with van der Waals surface area (Å²) in [5, 5.41) is 0. The Hall–Kier alpha value is -3.65. The number of ether oxygens (including phenoxy) is 3. The Balaban J connectivity index is 1.80. The van der Waals surface area contributed by atoms with E-state index in [0.717, 1.165) is 29.0 Å². The number of carbonyl (C=O) groups is 1. The van der Waals surface area contributed by atoms with Gasteiger partial charge < -0.3 is 14.2 Å². The summed E-state index contributed by atoms with van der Waals surface area (Å²) in [4.78, 5) is 31.9. The van der Waals surface area contributed by atoms with E-state index in [4.69, 9.17) is 14.2 Å². The van der Waals surface area contributed by atoms with E-state index < -0.39 is 12.0 Å². The van der Waals surface area contributed by atoms with Crippen molar-refractivity contribution in [3.63, 3.8) is 0 Å². The van der Waals surface area contributed by atoms with E-state index in [2.05, 4.69) is 11.9 Å². The minimum Gasteiger partial charge on any atom is -0.494 e. The summed E-state index contributed by atoms with van der Waals surface area (Å²) in [5.74, 6) is 1.03. The number of hydrogen-bond acceptors (Lipinski definition) is 7. The Bertz CT molecular complexity index is 1470. The average Bonchev–Trinajstić information content (AvgIpc) is 3.19. The normalized spacial score (nSPS) is 16.1. The van der Waals surface area contributed by atoms with Gasteiger partial charge in [0.1, 0.15) is 11.5 Å². The number of rotatable bonds is 9. The standard InChI is InChI=1S/C29H32N2O5S/c1-6-18(4)36-23-13-9-20(10-14-23)17-24-27(32)31-26(21-11-15-22(16-12-21)34-7-2)25(28(33)35-8-3)19(5)30-29(31)37-24/h9-18,26H,6-8H2,1-5H3/b24-17+/t18-,26-/m0/s1. The molecule has 2 atom stereocenters. The van der Waals surface area contributed by atoms with Gasteiger partial charge in [0.15, 0.2) is 4.80 Å². The van der Waals surface area contributed by atoms with Gasteiger partial charge in [-0.1, -0.05) is 42.5 Å². The van der Waals surface area contributed by atoms with Crippen LogP contribution in [0.25, 0.3) is 6.08 Å². The molecule has 4 rings (SSSR count). The van der Waals surface area contributed by atoms with E-state index in [9.17, 15) is 9.59 Å². The Morgan fingerprint density at radius 3 is 2.35 bits per heavy atom. The molecule has 8 heteroatoms. The molecule has 0 saturated heterocycles. The van der Waals surface area contributed by atoms with E-state index in [-0.39, 0.29) is 18.3 Å². The molecule has 3 aromatic rings. The lowest BCUT2D eigenvalue weighted by atomic mass is 9.96. The summed E-state index contributed by atoms with van der Waals surface area (Å²) in [5.41, 5.74) is 2.34. The number of aromatic nitrogens is 1. The highest BCUT2D eigenvalue weighted by Crippen LogP contribution is 2.31. The third kappa shape index (κ3) is 5.69. The molecule has 2 heterocycles. The predicted molar refractivity (Wildman–Crippen MR) is 145 cm³/mol. The molecule has 0 radical (unpaired) electrons. The molecule has 1 aliphatic heterocycles. The van der Waals surface area contributed by atoms with E-state index in [0.29, 0.717) is 27.2 Å². The van der Waals surface area contributed by atoms with Gasteiger partial charge in [0.05, 0.1) is 41.2 Å². The molecule has 0 amide bonds. The van der Waals surface area contributed by atoms with Crippen molar-refractivity contribution in [3.8, 4) is 11.5 Å². The number of benzene rings is 2. The van der Waals surface area contributed by atoms with Crippen LogP contribution in [-0.2, 0) is 9.53 Å². The number of allylic oxidation sites excluding steroid dienone is 1. The smallest absolute Gasteiger partial charge is 0.338 e. The molecule has 37 heavy (non-hydrogen) atoms. The highest BCUT2D eigenvalue weighted by atomic mass is 32.1. The Kier molecular flexibility index (Phi) is 8.28. The lowest BCUT2D eigenvalue weighted by Crippen LogP contribution is -2.39. The zero-order valence-electron chi connectivity index (χ0n) is 21.8. The quantitative estimate of drug-likeness (QED) is 0.392. The largest absolute Gasteiger partial charge is 0.494 e. The average molecular weight is 521 g/mol. The topological polar surface area (TPSA) is 79.1 Å². The molecule has 0 aliphatic carbocycles. The van der Waals surface area contributed by atoms with Gasteiger partial charge in [0.2, 0.25) is 0 Å². The Labute approximate surface area is 220 Å². The molecule has 1 aromatic heterocycles. The van der Waals surface area contributed by atoms with Gasteiger partial charge in [-0.05, 0) is 75.6 Å². The minimum atomic E-state index is -0.653. The molecule has 1 aliphatic rings. The van der Waals surface area contributed by atoms with Crippen molar-refractivity contribution in [2.24, 2.45) is 4.99 Å². The molecule has 0 fully saturated rings. The number of fused-ring (bicyclic) bond motifs is 1. The zero-order chi connectivity index (χ0) is 26.5. The highest BCUT2D eigenvalue weighted by Gasteiger charge is 2.33. The third-order valence-electron chi connectivity index (χ3n) is 6.11. The number of esters is 1. The fourth-order valence-corrected chi connectivity index (χ4v) is 5.18. The lowest BCUT2D eigenvalue weighted by Gasteiger charge is -2.24. The van der Waals surface area contributed by atoms with Crippen LogP contribution < -0.4 is 24.4 Å². The number of carbonyl (C=O) groups excluding carboxylic acids is 1. The first-order valence-electron chi connectivity index (χ1n) is 12.5. The van der Waals surface area contributed by atoms with E-state index in [1.54, 1.807) is 18.4 Å².